The number of hydrogen-bond acceptors (Lipinski definition) is 2. The summed E-state index contributed by atoms with van der Waals surface area (Å²) in [4.78, 5) is 10.9. The van der Waals surface area contributed by atoms with Crippen LogP contribution in [0.15, 0.2) is 97.2 Å². The van der Waals surface area contributed by atoms with Crippen LogP contribution >= 0.6 is 0 Å². The number of nitro benzene ring substituents is 1. The van der Waals surface area contributed by atoms with Gasteiger partial charge in [0.05, 0.1) is 16.5 Å². The first-order valence-corrected chi connectivity index (χ1v) is 8.75. The summed E-state index contributed by atoms with van der Waals surface area (Å²) in [6.07, 6.45) is 6.20. The van der Waals surface area contributed by atoms with Gasteiger partial charge >= 0.3 is 0 Å². The molecule has 0 bridgehead atoms. The lowest BCUT2D eigenvalue weighted by Gasteiger charge is -2.17. The maximum absolute atomic E-state index is 11.2. The molecule has 0 amide bonds. The second kappa shape index (κ2) is 7.30. The first kappa shape index (κ1) is 16.8. The Labute approximate surface area is 157 Å². The van der Waals surface area contributed by atoms with Crippen LogP contribution in [0.2, 0.25) is 0 Å². The van der Waals surface area contributed by atoms with Crippen LogP contribution in [0.3, 0.4) is 0 Å². The van der Waals surface area contributed by atoms with E-state index in [4.69, 9.17) is 0 Å². The highest BCUT2D eigenvalue weighted by molar-refractivity contribution is 5.83. The van der Waals surface area contributed by atoms with Crippen molar-refractivity contribution in [3.8, 4) is 0 Å². The molecule has 4 heteroatoms. The predicted molar refractivity (Wildman–Crippen MR) is 109 cm³/mol. The number of fused-ring (bicyclic) bond motifs is 1. The van der Waals surface area contributed by atoms with Crippen LogP contribution in [0.5, 0.6) is 0 Å². The molecule has 0 aliphatic heterocycles. The molecule has 4 aromatic rings. The van der Waals surface area contributed by atoms with Crippen LogP contribution in [0.4, 0.5) is 5.69 Å². The Morgan fingerprint density at radius 3 is 2.30 bits per heavy atom. The van der Waals surface area contributed by atoms with Gasteiger partial charge in [0.25, 0.3) is 5.69 Å². The molecule has 4 rings (SSSR count). The van der Waals surface area contributed by atoms with Gasteiger partial charge in [-0.3, -0.25) is 10.1 Å². The molecule has 1 heterocycles. The highest BCUT2D eigenvalue weighted by Crippen LogP contribution is 2.29. The number of nitrogens with zero attached hydrogens (tertiary/aromatic N) is 2. The van der Waals surface area contributed by atoms with Gasteiger partial charge in [-0.05, 0) is 23.3 Å². The Morgan fingerprint density at radius 2 is 1.59 bits per heavy atom. The lowest BCUT2D eigenvalue weighted by molar-refractivity contribution is -0.384. The molecule has 1 aromatic heterocycles. The summed E-state index contributed by atoms with van der Waals surface area (Å²) in [6.45, 7) is 0. The van der Waals surface area contributed by atoms with E-state index in [0.29, 0.717) is 0 Å². The lowest BCUT2D eigenvalue weighted by atomic mass is 10.0. The highest BCUT2D eigenvalue weighted by atomic mass is 16.6. The molecule has 0 unspecified atom stereocenters. The Bertz CT molecular complexity index is 1100. The molecule has 4 nitrogen and oxygen atoms in total. The van der Waals surface area contributed by atoms with Gasteiger partial charge in [0, 0.05) is 23.7 Å². The summed E-state index contributed by atoms with van der Waals surface area (Å²) in [6, 6.07) is 27.2. The van der Waals surface area contributed by atoms with E-state index in [1.807, 2.05) is 48.7 Å². The number of allylic oxidation sites excluding steroid dienone is 1. The Hall–Kier alpha value is -3.66. The van der Waals surface area contributed by atoms with Crippen molar-refractivity contribution in [2.45, 2.75) is 6.04 Å². The van der Waals surface area contributed by atoms with Crippen molar-refractivity contribution in [3.63, 3.8) is 0 Å². The maximum Gasteiger partial charge on any atom is 0.271 e. The van der Waals surface area contributed by atoms with Crippen LogP contribution in [0, 0.1) is 10.1 Å². The molecule has 27 heavy (non-hydrogen) atoms. The quantitative estimate of drug-likeness (QED) is 0.333. The number of non-ortho nitro benzene ring substituents is 1. The van der Waals surface area contributed by atoms with Gasteiger partial charge in [0.15, 0.2) is 0 Å². The Balaban J connectivity index is 1.84. The summed E-state index contributed by atoms with van der Waals surface area (Å²) in [5.74, 6) is 0. The van der Waals surface area contributed by atoms with E-state index < -0.39 is 0 Å². The fourth-order valence-corrected chi connectivity index (χ4v) is 3.27. The molecular formula is C23H18N2O2. The average molecular weight is 354 g/mol. The normalized spacial score (nSPS) is 12.4. The topological polar surface area (TPSA) is 48.1 Å². The van der Waals surface area contributed by atoms with E-state index >= 15 is 0 Å². The van der Waals surface area contributed by atoms with Crippen LogP contribution in [-0.4, -0.2) is 9.49 Å². The molecule has 0 fully saturated rings. The molecule has 0 aliphatic carbocycles. The highest BCUT2D eigenvalue weighted by Gasteiger charge is 2.15. The van der Waals surface area contributed by atoms with Gasteiger partial charge in [-0.15, -0.1) is 0 Å². The third kappa shape index (κ3) is 3.51. The number of benzene rings is 3. The Morgan fingerprint density at radius 1 is 0.889 bits per heavy atom. The van der Waals surface area contributed by atoms with Gasteiger partial charge in [0.1, 0.15) is 0 Å². The summed E-state index contributed by atoms with van der Waals surface area (Å²) >= 11 is 0. The molecule has 0 saturated carbocycles. The van der Waals surface area contributed by atoms with Crippen molar-refractivity contribution in [2.75, 3.05) is 0 Å². The summed E-state index contributed by atoms with van der Waals surface area (Å²) in [7, 11) is 0. The van der Waals surface area contributed by atoms with Gasteiger partial charge in [-0.25, -0.2) is 0 Å². The van der Waals surface area contributed by atoms with Crippen molar-refractivity contribution in [3.05, 3.63) is 118 Å². The van der Waals surface area contributed by atoms with Crippen LogP contribution in [-0.2, 0) is 0 Å². The minimum absolute atomic E-state index is 0.0640. The van der Waals surface area contributed by atoms with Gasteiger partial charge < -0.3 is 4.57 Å². The molecule has 0 N–H and O–H groups in total. The van der Waals surface area contributed by atoms with Crippen molar-refractivity contribution < 1.29 is 4.92 Å². The van der Waals surface area contributed by atoms with Crippen molar-refractivity contribution >= 4 is 22.7 Å². The second-order valence-electron chi connectivity index (χ2n) is 6.35. The van der Waals surface area contributed by atoms with Gasteiger partial charge in [-0.2, -0.15) is 0 Å². The first-order chi connectivity index (χ1) is 13.2. The molecular weight excluding hydrogens is 336 g/mol. The van der Waals surface area contributed by atoms with E-state index in [0.717, 1.165) is 22.0 Å². The van der Waals surface area contributed by atoms with Gasteiger partial charge in [-0.1, -0.05) is 72.8 Å². The monoisotopic (exact) mass is 354 g/mol. The fraction of sp³-hybridized carbons (Fsp3) is 0.0435. The summed E-state index contributed by atoms with van der Waals surface area (Å²) < 4.78 is 2.08. The van der Waals surface area contributed by atoms with Crippen molar-refractivity contribution in [1.82, 2.24) is 4.57 Å². The number of rotatable bonds is 5. The zero-order valence-corrected chi connectivity index (χ0v) is 14.6. The average Bonchev–Trinajstić information content (AvgIpc) is 3.13. The predicted octanol–water partition coefficient (Wildman–Crippen LogP) is 5.85. The fourth-order valence-electron chi connectivity index (χ4n) is 3.27. The molecule has 0 spiro atoms. The zero-order valence-electron chi connectivity index (χ0n) is 14.6. The third-order valence-electron chi connectivity index (χ3n) is 4.63. The van der Waals surface area contributed by atoms with Crippen LogP contribution in [0.1, 0.15) is 17.2 Å². The van der Waals surface area contributed by atoms with E-state index in [9.17, 15) is 10.1 Å². The summed E-state index contributed by atoms with van der Waals surface area (Å²) in [5.41, 5.74) is 3.17. The number of nitro groups is 1. The molecule has 0 radical (unpaired) electrons. The maximum atomic E-state index is 11.2. The zero-order chi connectivity index (χ0) is 18.6. The third-order valence-corrected chi connectivity index (χ3v) is 4.63. The molecule has 1 atom stereocenters. The van der Waals surface area contributed by atoms with E-state index in [2.05, 4.69) is 41.0 Å². The Kier molecular flexibility index (Phi) is 4.54. The van der Waals surface area contributed by atoms with Crippen LogP contribution in [0.25, 0.3) is 17.0 Å². The minimum atomic E-state index is -0.353. The summed E-state index contributed by atoms with van der Waals surface area (Å²) in [5, 5.41) is 12.2. The molecule has 0 saturated heterocycles. The van der Waals surface area contributed by atoms with Gasteiger partial charge in [0.2, 0.25) is 0 Å². The van der Waals surface area contributed by atoms with E-state index in [1.165, 1.54) is 0 Å². The van der Waals surface area contributed by atoms with E-state index in [1.54, 1.807) is 18.2 Å². The second-order valence-corrected chi connectivity index (χ2v) is 6.35. The van der Waals surface area contributed by atoms with E-state index in [-0.39, 0.29) is 16.7 Å². The van der Waals surface area contributed by atoms with Crippen LogP contribution < -0.4 is 0 Å². The standard InChI is InChI=1S/C23H18N2O2/c26-25(27)21-13-12-20-15-16-24(23(20)17-21)22(19-9-5-2-6-10-19)14-11-18-7-3-1-4-8-18/h1-17,22H/b14-11+/t22-/m1/s1. The molecule has 3 aromatic carbocycles. The lowest BCUT2D eigenvalue weighted by Crippen LogP contribution is -2.07. The minimum Gasteiger partial charge on any atom is -0.336 e. The first-order valence-electron chi connectivity index (χ1n) is 8.75. The van der Waals surface area contributed by atoms with Crippen molar-refractivity contribution in [2.24, 2.45) is 0 Å². The van der Waals surface area contributed by atoms with Crippen molar-refractivity contribution in [1.29, 1.82) is 0 Å². The molecule has 132 valence electrons. The number of aromatic nitrogens is 1. The molecule has 0 aliphatic rings. The number of hydrogen-bond donors (Lipinski definition) is 0. The smallest absolute Gasteiger partial charge is 0.271 e. The largest absolute Gasteiger partial charge is 0.336 e. The SMILES string of the molecule is O=[N+]([O-])c1ccc2ccn([C@H](/C=C/c3ccccc3)c3ccccc3)c2c1.